The second kappa shape index (κ2) is 6.54. The molecule has 0 amide bonds. The summed E-state index contributed by atoms with van der Waals surface area (Å²) in [5.41, 5.74) is 5.66. The van der Waals surface area contributed by atoms with Crippen LogP contribution in [-0.4, -0.2) is 11.1 Å². The summed E-state index contributed by atoms with van der Waals surface area (Å²) >= 11 is 12.4. The van der Waals surface area contributed by atoms with Gasteiger partial charge in [-0.1, -0.05) is 65.7 Å². The number of nitrogens with one attached hydrogen (secondary N) is 1. The van der Waals surface area contributed by atoms with Crippen LogP contribution in [0, 0.1) is 5.92 Å². The highest BCUT2D eigenvalue weighted by Gasteiger charge is 2.44. The zero-order valence-electron chi connectivity index (χ0n) is 14.8. The highest BCUT2D eigenvalue weighted by atomic mass is 35.5. The highest BCUT2D eigenvalue weighted by molar-refractivity contribution is 6.42. The average Bonchev–Trinajstić information content (AvgIpc) is 3.09. The van der Waals surface area contributed by atoms with Crippen LogP contribution in [0.4, 0.5) is 5.69 Å². The number of fused-ring (bicyclic) bond motifs is 5. The molecular weight excluding hydrogens is 393 g/mol. The minimum absolute atomic E-state index is 0.0554. The van der Waals surface area contributed by atoms with Gasteiger partial charge in [0, 0.05) is 5.92 Å². The zero-order chi connectivity index (χ0) is 19.4. The summed E-state index contributed by atoms with van der Waals surface area (Å²) in [7, 11) is 0. The third kappa shape index (κ3) is 2.61. The number of benzene rings is 3. The summed E-state index contributed by atoms with van der Waals surface area (Å²) in [6, 6.07) is 19.6. The van der Waals surface area contributed by atoms with Gasteiger partial charge in [-0.3, -0.25) is 0 Å². The van der Waals surface area contributed by atoms with Crippen LogP contribution in [0.15, 0.2) is 60.7 Å². The summed E-state index contributed by atoms with van der Waals surface area (Å²) in [6.45, 7) is 0. The maximum absolute atomic E-state index is 11.9. The van der Waals surface area contributed by atoms with Gasteiger partial charge in [0.15, 0.2) is 0 Å². The van der Waals surface area contributed by atoms with E-state index in [1.54, 1.807) is 12.1 Å². The molecule has 3 unspecified atom stereocenters. The number of carbonyl (C=O) groups is 1. The summed E-state index contributed by atoms with van der Waals surface area (Å²) in [5.74, 6) is -0.514. The molecule has 1 heterocycles. The van der Waals surface area contributed by atoms with Crippen molar-refractivity contribution in [3.63, 3.8) is 0 Å². The molecule has 0 saturated heterocycles. The fourth-order valence-corrected chi connectivity index (χ4v) is 5.11. The van der Waals surface area contributed by atoms with Gasteiger partial charge in [0.1, 0.15) is 0 Å². The Hall–Kier alpha value is -2.49. The predicted octanol–water partition coefficient (Wildman–Crippen LogP) is 6.16. The first-order valence-electron chi connectivity index (χ1n) is 9.20. The summed E-state index contributed by atoms with van der Waals surface area (Å²) in [6.07, 6.45) is 0.926. The molecule has 0 bridgehead atoms. The van der Waals surface area contributed by atoms with Crippen molar-refractivity contribution in [3.05, 3.63) is 98.5 Å². The van der Waals surface area contributed by atoms with E-state index in [9.17, 15) is 9.90 Å². The lowest BCUT2D eigenvalue weighted by atomic mass is 9.75. The molecule has 2 aliphatic rings. The maximum atomic E-state index is 11.9. The minimum atomic E-state index is -0.929. The predicted molar refractivity (Wildman–Crippen MR) is 112 cm³/mol. The Morgan fingerprint density at radius 1 is 0.964 bits per heavy atom. The van der Waals surface area contributed by atoms with Gasteiger partial charge in [0.05, 0.1) is 27.3 Å². The van der Waals surface area contributed by atoms with Gasteiger partial charge in [0.2, 0.25) is 0 Å². The van der Waals surface area contributed by atoms with Crippen molar-refractivity contribution >= 4 is 34.9 Å². The van der Waals surface area contributed by atoms with Gasteiger partial charge >= 0.3 is 5.97 Å². The molecule has 1 aliphatic carbocycles. The van der Waals surface area contributed by atoms with Gasteiger partial charge in [-0.05, 0) is 52.8 Å². The average molecular weight is 410 g/mol. The van der Waals surface area contributed by atoms with Gasteiger partial charge < -0.3 is 10.4 Å². The molecule has 0 radical (unpaired) electrons. The molecule has 3 atom stereocenters. The number of anilines is 1. The van der Waals surface area contributed by atoms with Crippen LogP contribution in [0.3, 0.4) is 0 Å². The molecule has 0 saturated carbocycles. The largest absolute Gasteiger partial charge is 0.478 e. The van der Waals surface area contributed by atoms with Crippen molar-refractivity contribution in [3.8, 4) is 0 Å². The van der Waals surface area contributed by atoms with Crippen LogP contribution in [0.2, 0.25) is 10.0 Å². The van der Waals surface area contributed by atoms with Crippen molar-refractivity contribution in [2.75, 3.05) is 5.32 Å². The number of hydrogen-bond acceptors (Lipinski definition) is 2. The minimum Gasteiger partial charge on any atom is -0.478 e. The SMILES string of the molecule is O=C(O)c1cccc2c1NC(c1ccc(Cl)c(Cl)c1)C1Cc3ccccc3C21. The smallest absolute Gasteiger partial charge is 0.337 e. The monoisotopic (exact) mass is 409 g/mol. The molecule has 3 aromatic rings. The van der Waals surface area contributed by atoms with Crippen LogP contribution in [0.5, 0.6) is 0 Å². The van der Waals surface area contributed by atoms with Crippen molar-refractivity contribution in [1.29, 1.82) is 0 Å². The van der Waals surface area contributed by atoms with Gasteiger partial charge in [-0.2, -0.15) is 0 Å². The Morgan fingerprint density at radius 3 is 2.54 bits per heavy atom. The summed E-state index contributed by atoms with van der Waals surface area (Å²) < 4.78 is 0. The molecule has 0 aromatic heterocycles. The first kappa shape index (κ1) is 17.6. The topological polar surface area (TPSA) is 49.3 Å². The standard InChI is InChI=1S/C23H17Cl2NO2/c24-18-9-8-13(11-19(18)25)21-17-10-12-4-1-2-5-14(12)20(17)15-6-3-7-16(23(27)28)22(15)26-21/h1-9,11,17,20-21,26H,10H2,(H,27,28). The number of carboxylic acids is 1. The van der Waals surface area contributed by atoms with Crippen molar-refractivity contribution in [2.24, 2.45) is 5.92 Å². The van der Waals surface area contributed by atoms with E-state index in [1.807, 2.05) is 24.3 Å². The van der Waals surface area contributed by atoms with Crippen molar-refractivity contribution in [1.82, 2.24) is 0 Å². The van der Waals surface area contributed by atoms with E-state index in [-0.39, 0.29) is 17.9 Å². The zero-order valence-corrected chi connectivity index (χ0v) is 16.3. The lowest BCUT2D eigenvalue weighted by molar-refractivity contribution is 0.0697. The van der Waals surface area contributed by atoms with E-state index >= 15 is 0 Å². The Morgan fingerprint density at radius 2 is 1.75 bits per heavy atom. The highest BCUT2D eigenvalue weighted by Crippen LogP contribution is 2.54. The maximum Gasteiger partial charge on any atom is 0.337 e. The molecule has 5 rings (SSSR count). The Labute approximate surface area is 172 Å². The molecule has 5 heteroatoms. The number of para-hydroxylation sites is 1. The second-order valence-corrected chi connectivity index (χ2v) is 8.23. The van der Waals surface area contributed by atoms with Crippen LogP contribution >= 0.6 is 23.2 Å². The Balaban J connectivity index is 1.72. The quantitative estimate of drug-likeness (QED) is 0.532. The lowest BCUT2D eigenvalue weighted by Crippen LogP contribution is -2.31. The normalized spacial score (nSPS) is 22.0. The van der Waals surface area contributed by atoms with E-state index in [1.165, 1.54) is 11.1 Å². The van der Waals surface area contributed by atoms with Crippen LogP contribution in [-0.2, 0) is 6.42 Å². The molecule has 1 aliphatic heterocycles. The molecule has 3 nitrogen and oxygen atoms in total. The molecule has 3 aromatic carbocycles. The van der Waals surface area contributed by atoms with Crippen LogP contribution in [0.1, 0.15) is 44.6 Å². The third-order valence-electron chi connectivity index (χ3n) is 5.97. The fourth-order valence-electron chi connectivity index (χ4n) is 4.80. The molecule has 2 N–H and O–H groups in total. The van der Waals surface area contributed by atoms with Crippen molar-refractivity contribution in [2.45, 2.75) is 18.4 Å². The molecule has 140 valence electrons. The molecule has 0 spiro atoms. The molecule has 0 fully saturated rings. The molecule has 28 heavy (non-hydrogen) atoms. The Bertz CT molecular complexity index is 1110. The molecular formula is C23H17Cl2NO2. The number of carboxylic acid groups (broad SMARTS) is 1. The van der Waals surface area contributed by atoms with Crippen LogP contribution in [0.25, 0.3) is 0 Å². The van der Waals surface area contributed by atoms with Crippen LogP contribution < -0.4 is 5.32 Å². The van der Waals surface area contributed by atoms with Crippen molar-refractivity contribution < 1.29 is 9.90 Å². The summed E-state index contributed by atoms with van der Waals surface area (Å²) in [4.78, 5) is 11.9. The summed E-state index contributed by atoms with van der Waals surface area (Å²) in [5, 5.41) is 14.3. The van der Waals surface area contributed by atoms with Gasteiger partial charge in [0.25, 0.3) is 0 Å². The fraction of sp³-hybridized carbons (Fsp3) is 0.174. The number of halogens is 2. The van der Waals surface area contributed by atoms with Gasteiger partial charge in [-0.25, -0.2) is 4.79 Å². The van der Waals surface area contributed by atoms with E-state index in [4.69, 9.17) is 23.2 Å². The van der Waals surface area contributed by atoms with E-state index in [2.05, 4.69) is 29.6 Å². The second-order valence-electron chi connectivity index (χ2n) is 7.41. The first-order valence-corrected chi connectivity index (χ1v) is 9.95. The van der Waals surface area contributed by atoms with E-state index in [0.717, 1.165) is 17.5 Å². The number of rotatable bonds is 2. The van der Waals surface area contributed by atoms with E-state index in [0.29, 0.717) is 21.3 Å². The number of hydrogen-bond donors (Lipinski definition) is 2. The van der Waals surface area contributed by atoms with Gasteiger partial charge in [-0.15, -0.1) is 0 Å². The first-order chi connectivity index (χ1) is 13.5. The number of aromatic carboxylic acids is 1. The Kier molecular flexibility index (Phi) is 4.11. The third-order valence-corrected chi connectivity index (χ3v) is 6.71. The van der Waals surface area contributed by atoms with E-state index < -0.39 is 5.97 Å². The lowest BCUT2D eigenvalue weighted by Gasteiger charge is -2.38.